The second-order valence-electron chi connectivity index (χ2n) is 6.03. The van der Waals surface area contributed by atoms with Gasteiger partial charge in [0, 0.05) is 0 Å². The van der Waals surface area contributed by atoms with E-state index < -0.39 is 5.91 Å². The summed E-state index contributed by atoms with van der Waals surface area (Å²) in [7, 11) is 0. The molecule has 3 rings (SSSR count). The maximum Gasteiger partial charge on any atom is 0.277 e. The van der Waals surface area contributed by atoms with Crippen molar-refractivity contribution in [2.24, 2.45) is 5.10 Å². The Hall–Kier alpha value is -3.41. The Morgan fingerprint density at radius 1 is 1.19 bits per heavy atom. The zero-order chi connectivity index (χ0) is 19.2. The molecule has 3 aromatic rings. The summed E-state index contributed by atoms with van der Waals surface area (Å²) >= 11 is 0. The first-order valence-electron chi connectivity index (χ1n) is 8.39. The van der Waals surface area contributed by atoms with Crippen molar-refractivity contribution in [2.75, 3.05) is 6.61 Å². The van der Waals surface area contributed by atoms with Gasteiger partial charge in [0.15, 0.2) is 6.61 Å². The van der Waals surface area contributed by atoms with Gasteiger partial charge in [0.1, 0.15) is 23.1 Å². The van der Waals surface area contributed by atoms with Gasteiger partial charge in [0.25, 0.3) is 5.91 Å². The number of amides is 1. The Balaban J connectivity index is 1.53. The van der Waals surface area contributed by atoms with Crippen molar-refractivity contribution in [3.05, 3.63) is 77.3 Å². The summed E-state index contributed by atoms with van der Waals surface area (Å²) in [5, 5.41) is 3.83. The maximum atomic E-state index is 13.8. The van der Waals surface area contributed by atoms with Crippen molar-refractivity contribution in [1.82, 2.24) is 5.43 Å². The highest BCUT2D eigenvalue weighted by Gasteiger charge is 2.08. The molecule has 1 aromatic heterocycles. The van der Waals surface area contributed by atoms with E-state index in [2.05, 4.69) is 10.5 Å². The highest BCUT2D eigenvalue weighted by molar-refractivity contribution is 5.81. The predicted octanol–water partition coefficient (Wildman–Crippen LogP) is 4.23. The molecule has 1 heterocycles. The van der Waals surface area contributed by atoms with Crippen LogP contribution < -0.4 is 10.2 Å². The molecule has 0 atom stereocenters. The fourth-order valence-corrected chi connectivity index (χ4v) is 2.53. The van der Waals surface area contributed by atoms with E-state index >= 15 is 0 Å². The highest BCUT2D eigenvalue weighted by Crippen LogP contribution is 2.24. The number of furan rings is 1. The fourth-order valence-electron chi connectivity index (χ4n) is 2.53. The Labute approximate surface area is 156 Å². The molecular formula is C21H19FN2O3. The molecule has 0 aliphatic carbocycles. The Kier molecular flexibility index (Phi) is 5.66. The van der Waals surface area contributed by atoms with E-state index in [4.69, 9.17) is 9.15 Å². The van der Waals surface area contributed by atoms with Crippen LogP contribution in [0.25, 0.3) is 11.3 Å². The van der Waals surface area contributed by atoms with Crippen LogP contribution in [0.2, 0.25) is 0 Å². The molecule has 2 aromatic carbocycles. The second-order valence-corrected chi connectivity index (χ2v) is 6.03. The van der Waals surface area contributed by atoms with Crippen LogP contribution in [0.4, 0.5) is 4.39 Å². The molecule has 138 valence electrons. The van der Waals surface area contributed by atoms with Gasteiger partial charge in [-0.25, -0.2) is 9.82 Å². The summed E-state index contributed by atoms with van der Waals surface area (Å²) in [5.74, 6) is 0.669. The second kappa shape index (κ2) is 8.31. The standard InChI is InChI=1S/C21H19FN2O3/c1-14-7-9-19(15(2)11-14)26-13-21(25)24-23-12-16-8-10-20(27-16)17-5-3-4-6-18(17)22/h3-12H,13H2,1-2H3,(H,24,25)/b23-12-. The lowest BCUT2D eigenvalue weighted by Gasteiger charge is -2.08. The first kappa shape index (κ1) is 18.4. The minimum atomic E-state index is -0.396. The molecule has 0 unspecified atom stereocenters. The van der Waals surface area contributed by atoms with Crippen molar-refractivity contribution >= 4 is 12.1 Å². The molecule has 0 spiro atoms. The number of benzene rings is 2. The van der Waals surface area contributed by atoms with Gasteiger partial charge in [-0.3, -0.25) is 4.79 Å². The SMILES string of the molecule is Cc1ccc(OCC(=O)N/N=C\c2ccc(-c3ccccc3F)o2)c(C)c1. The zero-order valence-corrected chi connectivity index (χ0v) is 15.0. The summed E-state index contributed by atoms with van der Waals surface area (Å²) in [4.78, 5) is 11.8. The quantitative estimate of drug-likeness (QED) is 0.524. The third-order valence-electron chi connectivity index (χ3n) is 3.84. The zero-order valence-electron chi connectivity index (χ0n) is 15.0. The third-order valence-corrected chi connectivity index (χ3v) is 3.84. The van der Waals surface area contributed by atoms with E-state index in [9.17, 15) is 9.18 Å². The van der Waals surface area contributed by atoms with Gasteiger partial charge in [0.2, 0.25) is 0 Å². The molecule has 27 heavy (non-hydrogen) atoms. The Morgan fingerprint density at radius 3 is 2.78 bits per heavy atom. The monoisotopic (exact) mass is 366 g/mol. The molecule has 0 saturated heterocycles. The first-order chi connectivity index (χ1) is 13.0. The van der Waals surface area contributed by atoms with Crippen LogP contribution in [0.3, 0.4) is 0 Å². The average Bonchev–Trinajstić information content (AvgIpc) is 3.10. The topological polar surface area (TPSA) is 63.8 Å². The Bertz CT molecular complexity index is 979. The molecule has 5 nitrogen and oxygen atoms in total. The van der Waals surface area contributed by atoms with Crippen LogP contribution >= 0.6 is 0 Å². The van der Waals surface area contributed by atoms with Crippen molar-refractivity contribution in [2.45, 2.75) is 13.8 Å². The normalized spacial score (nSPS) is 10.9. The van der Waals surface area contributed by atoms with E-state index in [0.717, 1.165) is 11.1 Å². The number of halogens is 1. The molecule has 0 saturated carbocycles. The molecule has 1 N–H and O–H groups in total. The summed E-state index contributed by atoms with van der Waals surface area (Å²) in [5.41, 5.74) is 4.82. The summed E-state index contributed by atoms with van der Waals surface area (Å²) < 4.78 is 24.8. The van der Waals surface area contributed by atoms with Gasteiger partial charge in [0.05, 0.1) is 11.8 Å². The lowest BCUT2D eigenvalue weighted by Crippen LogP contribution is -2.24. The van der Waals surface area contributed by atoms with Crippen LogP contribution in [0.15, 0.2) is 64.1 Å². The third kappa shape index (κ3) is 4.82. The molecule has 0 radical (unpaired) electrons. The van der Waals surface area contributed by atoms with E-state index in [0.29, 0.717) is 22.8 Å². The van der Waals surface area contributed by atoms with Gasteiger partial charge >= 0.3 is 0 Å². The molecule has 0 aliphatic heterocycles. The van der Waals surface area contributed by atoms with E-state index in [1.54, 1.807) is 30.3 Å². The number of nitrogens with one attached hydrogen (secondary N) is 1. The molecule has 1 amide bonds. The van der Waals surface area contributed by atoms with Crippen LogP contribution in [0.5, 0.6) is 5.75 Å². The van der Waals surface area contributed by atoms with Crippen LogP contribution in [0, 0.1) is 19.7 Å². The average molecular weight is 366 g/mol. The van der Waals surface area contributed by atoms with E-state index in [-0.39, 0.29) is 12.4 Å². The maximum absolute atomic E-state index is 13.8. The number of carbonyl (C=O) groups excluding carboxylic acids is 1. The number of ether oxygens (including phenoxy) is 1. The first-order valence-corrected chi connectivity index (χ1v) is 8.39. The molecule has 6 heteroatoms. The van der Waals surface area contributed by atoms with Crippen LogP contribution in [-0.4, -0.2) is 18.7 Å². The van der Waals surface area contributed by atoms with Crippen molar-refractivity contribution < 1.29 is 18.3 Å². The van der Waals surface area contributed by atoms with Crippen molar-refractivity contribution in [3.63, 3.8) is 0 Å². The van der Waals surface area contributed by atoms with E-state index in [1.165, 1.54) is 12.3 Å². The molecule has 0 aliphatic rings. The minimum absolute atomic E-state index is 0.153. The number of aryl methyl sites for hydroxylation is 2. The Morgan fingerprint density at radius 2 is 2.00 bits per heavy atom. The van der Waals surface area contributed by atoms with E-state index in [1.807, 2.05) is 32.0 Å². The molecular weight excluding hydrogens is 347 g/mol. The van der Waals surface area contributed by atoms with Crippen molar-refractivity contribution in [1.29, 1.82) is 0 Å². The summed E-state index contributed by atoms with van der Waals surface area (Å²) in [6, 6.07) is 15.3. The number of nitrogens with zero attached hydrogens (tertiary/aromatic N) is 1. The number of rotatable bonds is 6. The van der Waals surface area contributed by atoms with Crippen molar-refractivity contribution in [3.8, 4) is 17.1 Å². The number of hydrazone groups is 1. The predicted molar refractivity (Wildman–Crippen MR) is 101 cm³/mol. The largest absolute Gasteiger partial charge is 0.483 e. The fraction of sp³-hybridized carbons (Fsp3) is 0.143. The van der Waals surface area contributed by atoms with Gasteiger partial charge in [-0.1, -0.05) is 29.8 Å². The van der Waals surface area contributed by atoms with Gasteiger partial charge in [-0.15, -0.1) is 0 Å². The summed E-state index contributed by atoms with van der Waals surface area (Å²) in [6.07, 6.45) is 1.35. The lowest BCUT2D eigenvalue weighted by atomic mass is 10.1. The smallest absolute Gasteiger partial charge is 0.277 e. The van der Waals surface area contributed by atoms with Crippen LogP contribution in [0.1, 0.15) is 16.9 Å². The number of carbonyl (C=O) groups is 1. The summed E-state index contributed by atoms with van der Waals surface area (Å²) in [6.45, 7) is 3.76. The number of hydrogen-bond donors (Lipinski definition) is 1. The molecule has 0 bridgehead atoms. The minimum Gasteiger partial charge on any atom is -0.483 e. The molecule has 0 fully saturated rings. The lowest BCUT2D eigenvalue weighted by molar-refractivity contribution is -0.123. The van der Waals surface area contributed by atoms with Gasteiger partial charge in [-0.05, 0) is 49.7 Å². The van der Waals surface area contributed by atoms with Gasteiger partial charge < -0.3 is 9.15 Å². The van der Waals surface area contributed by atoms with Gasteiger partial charge in [-0.2, -0.15) is 5.10 Å². The van der Waals surface area contributed by atoms with Crippen LogP contribution in [-0.2, 0) is 4.79 Å². The highest BCUT2D eigenvalue weighted by atomic mass is 19.1. The number of hydrogen-bond acceptors (Lipinski definition) is 4.